The predicted molar refractivity (Wildman–Crippen MR) is 113 cm³/mol. The summed E-state index contributed by atoms with van der Waals surface area (Å²) >= 11 is 1.53. The van der Waals surface area contributed by atoms with Gasteiger partial charge in [0.15, 0.2) is 5.78 Å². The van der Waals surface area contributed by atoms with E-state index in [1.807, 2.05) is 25.1 Å². The zero-order chi connectivity index (χ0) is 19.9. The summed E-state index contributed by atoms with van der Waals surface area (Å²) in [7, 11) is 0. The molecule has 28 heavy (non-hydrogen) atoms. The van der Waals surface area contributed by atoms with E-state index in [1.165, 1.54) is 22.5 Å². The van der Waals surface area contributed by atoms with Crippen molar-refractivity contribution in [2.24, 2.45) is 0 Å². The molecule has 1 aliphatic rings. The summed E-state index contributed by atoms with van der Waals surface area (Å²) in [6.07, 6.45) is 0.760. The van der Waals surface area contributed by atoms with E-state index in [4.69, 9.17) is 4.74 Å². The van der Waals surface area contributed by atoms with E-state index in [2.05, 4.69) is 27.3 Å². The Morgan fingerprint density at radius 1 is 1.29 bits per heavy atom. The summed E-state index contributed by atoms with van der Waals surface area (Å²) in [6, 6.07) is 10.5. The molecule has 1 N–H and O–H groups in total. The number of rotatable bonds is 9. The second-order valence-corrected chi connectivity index (χ2v) is 8.20. The van der Waals surface area contributed by atoms with Crippen LogP contribution < -0.4 is 4.74 Å². The fraction of sp³-hybridized carbons (Fsp3) is 0.500. The first-order valence-corrected chi connectivity index (χ1v) is 10.8. The fourth-order valence-electron chi connectivity index (χ4n) is 3.78. The number of ketones is 1. The van der Waals surface area contributed by atoms with Gasteiger partial charge < -0.3 is 9.84 Å². The van der Waals surface area contributed by atoms with E-state index in [0.29, 0.717) is 12.6 Å². The lowest BCUT2D eigenvalue weighted by atomic mass is 10.1. The van der Waals surface area contributed by atoms with Crippen molar-refractivity contribution in [2.45, 2.75) is 39.4 Å². The number of thiophene rings is 1. The molecule has 0 unspecified atom stereocenters. The van der Waals surface area contributed by atoms with Crippen LogP contribution in [0.1, 0.15) is 41.1 Å². The molecule has 0 aliphatic carbocycles. The summed E-state index contributed by atoms with van der Waals surface area (Å²) < 4.78 is 5.78. The fourth-order valence-corrected chi connectivity index (χ4v) is 4.59. The van der Waals surface area contributed by atoms with Gasteiger partial charge in [-0.15, -0.1) is 11.3 Å². The van der Waals surface area contributed by atoms with Crippen molar-refractivity contribution in [3.05, 3.63) is 51.7 Å². The Bertz CT molecular complexity index is 777. The third-order valence-electron chi connectivity index (χ3n) is 5.20. The highest BCUT2D eigenvalue weighted by Crippen LogP contribution is 2.24. The molecule has 5 nitrogen and oxygen atoms in total. The van der Waals surface area contributed by atoms with Gasteiger partial charge in [0.2, 0.25) is 0 Å². The molecular weight excluding hydrogens is 372 g/mol. The number of carbonyl (C=O) groups excluding carboxylic acids is 1. The average Bonchev–Trinajstić information content (AvgIpc) is 3.15. The molecule has 0 radical (unpaired) electrons. The first-order valence-electron chi connectivity index (χ1n) is 9.97. The van der Waals surface area contributed by atoms with Gasteiger partial charge in [0, 0.05) is 50.9 Å². The van der Waals surface area contributed by atoms with Crippen molar-refractivity contribution in [3.63, 3.8) is 0 Å². The lowest BCUT2D eigenvalue weighted by Gasteiger charge is -2.41. The molecule has 1 aromatic carbocycles. The quantitative estimate of drug-likeness (QED) is 0.652. The Labute approximate surface area is 171 Å². The van der Waals surface area contributed by atoms with E-state index in [-0.39, 0.29) is 12.4 Å². The molecular formula is C22H30N2O3S. The van der Waals surface area contributed by atoms with Crippen LogP contribution in [-0.4, -0.2) is 59.6 Å². The number of piperazine rings is 1. The van der Waals surface area contributed by atoms with Crippen LogP contribution in [-0.2, 0) is 13.1 Å². The Hall–Kier alpha value is -1.73. The zero-order valence-corrected chi connectivity index (χ0v) is 17.6. The van der Waals surface area contributed by atoms with Gasteiger partial charge in [0.1, 0.15) is 5.75 Å². The number of hydrogen-bond acceptors (Lipinski definition) is 6. The smallest absolute Gasteiger partial charge is 0.169 e. The second-order valence-electron chi connectivity index (χ2n) is 7.29. The van der Waals surface area contributed by atoms with Crippen molar-refractivity contribution < 1.29 is 14.6 Å². The van der Waals surface area contributed by atoms with Crippen LogP contribution in [0.5, 0.6) is 5.75 Å². The van der Waals surface area contributed by atoms with E-state index in [1.54, 1.807) is 6.92 Å². The van der Waals surface area contributed by atoms with Gasteiger partial charge in [0.25, 0.3) is 0 Å². The Kier molecular flexibility index (Phi) is 7.62. The highest BCUT2D eigenvalue weighted by Gasteiger charge is 2.27. The molecule has 0 saturated carbocycles. The van der Waals surface area contributed by atoms with Crippen LogP contribution in [0.3, 0.4) is 0 Å². The maximum atomic E-state index is 11.5. The maximum absolute atomic E-state index is 11.5. The minimum Gasteiger partial charge on any atom is -0.494 e. The molecule has 0 spiro atoms. The molecule has 152 valence electrons. The largest absolute Gasteiger partial charge is 0.494 e. The van der Waals surface area contributed by atoms with Gasteiger partial charge >= 0.3 is 0 Å². The Morgan fingerprint density at radius 3 is 2.82 bits per heavy atom. The van der Waals surface area contributed by atoms with Crippen molar-refractivity contribution in [1.29, 1.82) is 0 Å². The first-order chi connectivity index (χ1) is 13.6. The molecule has 0 bridgehead atoms. The highest BCUT2D eigenvalue weighted by molar-refractivity contribution is 7.12. The molecule has 1 aromatic heterocycles. The van der Waals surface area contributed by atoms with Crippen molar-refractivity contribution >= 4 is 17.1 Å². The first kappa shape index (κ1) is 21.0. The van der Waals surface area contributed by atoms with E-state index < -0.39 is 0 Å². The standard InChI is InChI=1S/C22H30N2O3S/c1-3-27-21-7-5-4-6-19(21)14-24-10-9-23(15-20(24)8-11-25)13-18-12-22(17(2)26)28-16-18/h4-7,12,16,20,25H,3,8-11,13-15H2,1-2H3/t20-/m0/s1. The number of Topliss-reactive ketones (excluding diaryl/α,β-unsaturated/α-hetero) is 1. The van der Waals surface area contributed by atoms with Crippen molar-refractivity contribution in [1.82, 2.24) is 9.80 Å². The molecule has 1 saturated heterocycles. The van der Waals surface area contributed by atoms with E-state index in [0.717, 1.165) is 49.8 Å². The number of nitrogens with zero attached hydrogens (tertiary/aromatic N) is 2. The number of carbonyl (C=O) groups is 1. The lowest BCUT2D eigenvalue weighted by Crippen LogP contribution is -2.52. The van der Waals surface area contributed by atoms with Crippen molar-refractivity contribution in [3.8, 4) is 5.75 Å². The minimum absolute atomic E-state index is 0.132. The molecule has 2 heterocycles. The van der Waals surface area contributed by atoms with Crippen LogP contribution in [0.25, 0.3) is 0 Å². The van der Waals surface area contributed by atoms with Crippen LogP contribution in [0.15, 0.2) is 35.7 Å². The maximum Gasteiger partial charge on any atom is 0.169 e. The predicted octanol–water partition coefficient (Wildman–Crippen LogP) is 3.42. The molecule has 6 heteroatoms. The minimum atomic E-state index is 0.132. The van der Waals surface area contributed by atoms with Gasteiger partial charge in [-0.2, -0.15) is 0 Å². The van der Waals surface area contributed by atoms with E-state index >= 15 is 0 Å². The average molecular weight is 403 g/mol. The number of ether oxygens (including phenoxy) is 1. The summed E-state index contributed by atoms with van der Waals surface area (Å²) in [5.41, 5.74) is 2.40. The van der Waals surface area contributed by atoms with Crippen LogP contribution in [0, 0.1) is 0 Å². The van der Waals surface area contributed by atoms with Gasteiger partial charge in [-0.1, -0.05) is 18.2 Å². The molecule has 1 atom stereocenters. The Balaban J connectivity index is 1.64. The molecule has 0 amide bonds. The Morgan fingerprint density at radius 2 is 2.11 bits per heavy atom. The summed E-state index contributed by atoms with van der Waals surface area (Å²) in [5, 5.41) is 11.7. The number of aliphatic hydroxyl groups excluding tert-OH is 1. The second kappa shape index (κ2) is 10.2. The van der Waals surface area contributed by atoms with Crippen LogP contribution in [0.4, 0.5) is 0 Å². The van der Waals surface area contributed by atoms with Gasteiger partial charge in [-0.25, -0.2) is 0 Å². The SMILES string of the molecule is CCOc1ccccc1CN1CCN(Cc2csc(C(C)=O)c2)C[C@@H]1CCO. The highest BCUT2D eigenvalue weighted by atomic mass is 32.1. The number of aliphatic hydroxyl groups is 1. The number of benzene rings is 1. The zero-order valence-electron chi connectivity index (χ0n) is 16.8. The molecule has 1 aliphatic heterocycles. The van der Waals surface area contributed by atoms with Gasteiger partial charge in [0.05, 0.1) is 11.5 Å². The summed E-state index contributed by atoms with van der Waals surface area (Å²) in [6.45, 7) is 9.01. The number of hydrogen-bond donors (Lipinski definition) is 1. The number of para-hydroxylation sites is 1. The lowest BCUT2D eigenvalue weighted by molar-refractivity contribution is 0.0494. The topological polar surface area (TPSA) is 53.0 Å². The third-order valence-corrected chi connectivity index (χ3v) is 6.28. The van der Waals surface area contributed by atoms with Crippen LogP contribution in [0.2, 0.25) is 0 Å². The van der Waals surface area contributed by atoms with Crippen LogP contribution >= 0.6 is 11.3 Å². The monoisotopic (exact) mass is 402 g/mol. The normalized spacial score (nSPS) is 18.3. The summed E-state index contributed by atoms with van der Waals surface area (Å²) in [4.78, 5) is 17.2. The summed E-state index contributed by atoms with van der Waals surface area (Å²) in [5.74, 6) is 1.08. The van der Waals surface area contributed by atoms with E-state index in [9.17, 15) is 9.90 Å². The van der Waals surface area contributed by atoms with Gasteiger partial charge in [-0.3, -0.25) is 14.6 Å². The molecule has 3 rings (SSSR count). The third kappa shape index (κ3) is 5.41. The molecule has 2 aromatic rings. The molecule has 1 fully saturated rings. The van der Waals surface area contributed by atoms with Gasteiger partial charge in [-0.05, 0) is 43.3 Å². The van der Waals surface area contributed by atoms with Crippen molar-refractivity contribution in [2.75, 3.05) is 32.8 Å².